The van der Waals surface area contributed by atoms with Gasteiger partial charge in [0.1, 0.15) is 0 Å². The molecule has 1 aliphatic rings. The van der Waals surface area contributed by atoms with E-state index in [1.54, 1.807) is 0 Å². The van der Waals surface area contributed by atoms with E-state index >= 15 is 0 Å². The first-order valence-electron chi connectivity index (χ1n) is 7.53. The molecule has 3 nitrogen and oxygen atoms in total. The molecule has 1 aromatic heterocycles. The number of hydrogen-bond acceptors (Lipinski definition) is 2. The minimum Gasteiger partial charge on any atom is -0.311 e. The van der Waals surface area contributed by atoms with Gasteiger partial charge >= 0.3 is 0 Å². The van der Waals surface area contributed by atoms with E-state index in [0.717, 1.165) is 35.9 Å². The molecular formula is C15H26ClN3. The van der Waals surface area contributed by atoms with Crippen LogP contribution in [0.5, 0.6) is 0 Å². The molecule has 0 saturated heterocycles. The van der Waals surface area contributed by atoms with E-state index in [1.165, 1.54) is 32.1 Å². The van der Waals surface area contributed by atoms with Crippen molar-refractivity contribution in [2.24, 2.45) is 12.5 Å². The minimum atomic E-state index is 0.526. The minimum absolute atomic E-state index is 0.526. The largest absolute Gasteiger partial charge is 0.311 e. The van der Waals surface area contributed by atoms with Gasteiger partial charge in [0.25, 0.3) is 0 Å². The fourth-order valence-corrected chi connectivity index (χ4v) is 3.60. The maximum atomic E-state index is 6.37. The molecule has 1 aliphatic carbocycles. The van der Waals surface area contributed by atoms with Gasteiger partial charge in [-0.05, 0) is 31.1 Å². The molecule has 0 spiro atoms. The van der Waals surface area contributed by atoms with E-state index in [9.17, 15) is 0 Å². The predicted molar refractivity (Wildman–Crippen MR) is 80.5 cm³/mol. The Kier molecular flexibility index (Phi) is 4.91. The van der Waals surface area contributed by atoms with Crippen molar-refractivity contribution in [3.8, 4) is 0 Å². The van der Waals surface area contributed by atoms with Crippen LogP contribution in [0.3, 0.4) is 0 Å². The average molecular weight is 284 g/mol. The zero-order valence-electron chi connectivity index (χ0n) is 12.4. The molecule has 19 heavy (non-hydrogen) atoms. The van der Waals surface area contributed by atoms with Crippen LogP contribution in [0.1, 0.15) is 57.3 Å². The van der Waals surface area contributed by atoms with Crippen LogP contribution < -0.4 is 5.32 Å². The second kappa shape index (κ2) is 6.27. The van der Waals surface area contributed by atoms with Crippen LogP contribution in [0.4, 0.5) is 0 Å². The Morgan fingerprint density at radius 3 is 2.53 bits per heavy atom. The monoisotopic (exact) mass is 283 g/mol. The molecule has 0 radical (unpaired) electrons. The first-order chi connectivity index (χ1) is 9.12. The smallest absolute Gasteiger partial charge is 0.0863 e. The Morgan fingerprint density at radius 2 is 2.00 bits per heavy atom. The van der Waals surface area contributed by atoms with Crippen molar-refractivity contribution in [1.29, 1.82) is 0 Å². The molecule has 4 heteroatoms. The highest BCUT2D eigenvalue weighted by atomic mass is 35.5. The summed E-state index contributed by atoms with van der Waals surface area (Å²) in [5.41, 5.74) is 2.65. The first kappa shape index (κ1) is 14.9. The van der Waals surface area contributed by atoms with Crippen molar-refractivity contribution in [2.45, 2.75) is 58.9 Å². The Labute approximate surface area is 121 Å². The topological polar surface area (TPSA) is 29.9 Å². The second-order valence-corrected chi connectivity index (χ2v) is 6.23. The molecule has 0 aliphatic heterocycles. The van der Waals surface area contributed by atoms with Gasteiger partial charge in [-0.2, -0.15) is 5.10 Å². The number of nitrogens with one attached hydrogen (secondary N) is 1. The third kappa shape index (κ3) is 3.14. The summed E-state index contributed by atoms with van der Waals surface area (Å²) in [7, 11) is 1.98. The molecule has 0 amide bonds. The Hall–Kier alpha value is -0.540. The summed E-state index contributed by atoms with van der Waals surface area (Å²) in [6, 6.07) is 0. The Bertz CT molecular complexity index is 419. The van der Waals surface area contributed by atoms with Gasteiger partial charge in [-0.1, -0.05) is 38.3 Å². The lowest BCUT2D eigenvalue weighted by Crippen LogP contribution is -2.31. The van der Waals surface area contributed by atoms with E-state index in [0.29, 0.717) is 5.41 Å². The van der Waals surface area contributed by atoms with E-state index < -0.39 is 0 Å². The number of aromatic nitrogens is 2. The Morgan fingerprint density at radius 1 is 1.32 bits per heavy atom. The van der Waals surface area contributed by atoms with Crippen LogP contribution in [0.2, 0.25) is 5.02 Å². The summed E-state index contributed by atoms with van der Waals surface area (Å²) in [6.45, 7) is 6.34. The third-order valence-electron chi connectivity index (χ3n) is 4.71. The summed E-state index contributed by atoms with van der Waals surface area (Å²) < 4.78 is 1.92. The first-order valence-corrected chi connectivity index (χ1v) is 7.90. The molecule has 0 bridgehead atoms. The fourth-order valence-electron chi connectivity index (χ4n) is 3.24. The van der Waals surface area contributed by atoms with Crippen molar-refractivity contribution in [1.82, 2.24) is 15.1 Å². The van der Waals surface area contributed by atoms with Crippen molar-refractivity contribution in [2.75, 3.05) is 6.54 Å². The van der Waals surface area contributed by atoms with Crippen molar-refractivity contribution >= 4 is 11.6 Å². The highest BCUT2D eigenvalue weighted by Gasteiger charge is 2.31. The number of aryl methyl sites for hydroxylation is 2. The van der Waals surface area contributed by atoms with E-state index in [-0.39, 0.29) is 0 Å². The highest BCUT2D eigenvalue weighted by molar-refractivity contribution is 6.31. The van der Waals surface area contributed by atoms with E-state index in [1.807, 2.05) is 11.7 Å². The number of halogens is 1. The SMILES string of the molecule is CCc1nn(C)c(CNCC2(CC)CCCC2)c1Cl. The van der Waals surface area contributed by atoms with Crippen LogP contribution in [-0.2, 0) is 20.0 Å². The van der Waals surface area contributed by atoms with Gasteiger partial charge in [0, 0.05) is 20.1 Å². The summed E-state index contributed by atoms with van der Waals surface area (Å²) in [5.74, 6) is 0. The summed E-state index contributed by atoms with van der Waals surface area (Å²) >= 11 is 6.37. The fraction of sp³-hybridized carbons (Fsp3) is 0.800. The third-order valence-corrected chi connectivity index (χ3v) is 5.15. The van der Waals surface area contributed by atoms with E-state index in [4.69, 9.17) is 11.6 Å². The number of nitrogens with zero attached hydrogens (tertiary/aromatic N) is 2. The van der Waals surface area contributed by atoms with Gasteiger partial charge in [0.2, 0.25) is 0 Å². The van der Waals surface area contributed by atoms with Crippen LogP contribution in [-0.4, -0.2) is 16.3 Å². The van der Waals surface area contributed by atoms with Crippen molar-refractivity contribution < 1.29 is 0 Å². The molecule has 108 valence electrons. The lowest BCUT2D eigenvalue weighted by Gasteiger charge is -2.27. The van der Waals surface area contributed by atoms with Crippen LogP contribution in [0.25, 0.3) is 0 Å². The van der Waals surface area contributed by atoms with Gasteiger partial charge in [0.05, 0.1) is 16.4 Å². The van der Waals surface area contributed by atoms with Crippen LogP contribution in [0.15, 0.2) is 0 Å². The van der Waals surface area contributed by atoms with Gasteiger partial charge in [-0.15, -0.1) is 0 Å². The molecule has 0 unspecified atom stereocenters. The molecule has 1 aromatic rings. The quantitative estimate of drug-likeness (QED) is 0.863. The molecule has 0 aromatic carbocycles. The van der Waals surface area contributed by atoms with Gasteiger partial charge in [-0.25, -0.2) is 0 Å². The predicted octanol–water partition coefficient (Wildman–Crippen LogP) is 3.70. The zero-order chi connectivity index (χ0) is 13.9. The zero-order valence-corrected chi connectivity index (χ0v) is 13.2. The molecule has 1 N–H and O–H groups in total. The second-order valence-electron chi connectivity index (χ2n) is 5.85. The number of hydrogen-bond donors (Lipinski definition) is 1. The maximum Gasteiger partial charge on any atom is 0.0863 e. The van der Waals surface area contributed by atoms with Crippen LogP contribution >= 0.6 is 11.6 Å². The molecular weight excluding hydrogens is 258 g/mol. The van der Waals surface area contributed by atoms with Gasteiger partial charge in [-0.3, -0.25) is 4.68 Å². The maximum absolute atomic E-state index is 6.37. The Balaban J connectivity index is 1.94. The van der Waals surface area contributed by atoms with E-state index in [2.05, 4.69) is 24.3 Å². The van der Waals surface area contributed by atoms with Crippen LogP contribution in [0, 0.1) is 5.41 Å². The van der Waals surface area contributed by atoms with Crippen molar-refractivity contribution in [3.63, 3.8) is 0 Å². The standard InChI is InChI=1S/C15H26ClN3/c1-4-12-14(16)13(19(3)18-12)10-17-11-15(5-2)8-6-7-9-15/h17H,4-11H2,1-3H3. The molecule has 1 heterocycles. The molecule has 2 rings (SSSR count). The molecule has 1 saturated carbocycles. The van der Waals surface area contributed by atoms with Gasteiger partial charge in [0.15, 0.2) is 0 Å². The average Bonchev–Trinajstić information content (AvgIpc) is 2.98. The molecule has 0 atom stereocenters. The number of rotatable bonds is 6. The highest BCUT2D eigenvalue weighted by Crippen LogP contribution is 2.40. The summed E-state index contributed by atoms with van der Waals surface area (Å²) in [4.78, 5) is 0. The normalized spacial score (nSPS) is 18.1. The van der Waals surface area contributed by atoms with Crippen molar-refractivity contribution in [3.05, 3.63) is 16.4 Å². The summed E-state index contributed by atoms with van der Waals surface area (Å²) in [5, 5.41) is 8.91. The molecule has 1 fully saturated rings. The lowest BCUT2D eigenvalue weighted by molar-refractivity contribution is 0.267. The summed E-state index contributed by atoms with van der Waals surface area (Å²) in [6.07, 6.45) is 7.69. The van der Waals surface area contributed by atoms with Gasteiger partial charge < -0.3 is 5.32 Å². The lowest BCUT2D eigenvalue weighted by atomic mass is 9.83.